The Morgan fingerprint density at radius 3 is 2.46 bits per heavy atom. The smallest absolute Gasteiger partial charge is 0.261 e. The first kappa shape index (κ1) is 19.7. The molecule has 0 aliphatic carbocycles. The Morgan fingerprint density at radius 1 is 1.07 bits per heavy atom. The summed E-state index contributed by atoms with van der Waals surface area (Å²) in [6.07, 6.45) is -0.656. The zero-order chi connectivity index (χ0) is 19.9. The Kier molecular flexibility index (Phi) is 6.49. The van der Waals surface area contributed by atoms with Gasteiger partial charge in [0, 0.05) is 10.9 Å². The van der Waals surface area contributed by atoms with Crippen LogP contribution in [-0.4, -0.2) is 31.2 Å². The van der Waals surface area contributed by atoms with E-state index in [1.54, 1.807) is 33.3 Å². The number of hydrogen-bond acceptors (Lipinski definition) is 6. The van der Waals surface area contributed by atoms with Crippen LogP contribution in [0.4, 0.5) is 0 Å². The summed E-state index contributed by atoms with van der Waals surface area (Å²) in [5.41, 5.74) is 1.81. The zero-order valence-corrected chi connectivity index (χ0v) is 16.8. The van der Waals surface area contributed by atoms with E-state index in [0.29, 0.717) is 18.0 Å². The molecule has 1 heterocycles. The van der Waals surface area contributed by atoms with Crippen molar-refractivity contribution in [2.75, 3.05) is 14.2 Å². The topological polar surface area (TPSA) is 69.7 Å². The Balaban J connectivity index is 1.56. The molecule has 6 nitrogen and oxygen atoms in total. The molecule has 0 aliphatic heterocycles. The predicted molar refractivity (Wildman–Crippen MR) is 109 cm³/mol. The third-order valence-corrected chi connectivity index (χ3v) is 5.01. The predicted octanol–water partition coefficient (Wildman–Crippen LogP) is 3.91. The second-order valence-electron chi connectivity index (χ2n) is 6.00. The average Bonchev–Trinajstić information content (AvgIpc) is 3.21. The van der Waals surface area contributed by atoms with Gasteiger partial charge in [0.25, 0.3) is 5.91 Å². The molecule has 2 aromatic carbocycles. The number of nitrogens with zero attached hydrogens (tertiary/aromatic N) is 1. The van der Waals surface area contributed by atoms with Crippen molar-refractivity contribution in [2.45, 2.75) is 19.6 Å². The van der Waals surface area contributed by atoms with E-state index in [4.69, 9.17) is 14.2 Å². The van der Waals surface area contributed by atoms with E-state index in [1.165, 1.54) is 11.3 Å². The molecule has 0 bridgehead atoms. The molecule has 1 N–H and O–H groups in total. The van der Waals surface area contributed by atoms with E-state index >= 15 is 0 Å². The molecule has 0 aliphatic rings. The Morgan fingerprint density at radius 2 is 1.79 bits per heavy atom. The number of methoxy groups -OCH3 is 2. The lowest BCUT2D eigenvalue weighted by Crippen LogP contribution is -2.36. The lowest BCUT2D eigenvalue weighted by Gasteiger charge is -2.16. The maximum atomic E-state index is 12.4. The van der Waals surface area contributed by atoms with Crippen molar-refractivity contribution in [1.82, 2.24) is 10.3 Å². The zero-order valence-electron chi connectivity index (χ0n) is 16.0. The minimum absolute atomic E-state index is 0.218. The summed E-state index contributed by atoms with van der Waals surface area (Å²) in [6.45, 7) is 2.04. The highest BCUT2D eigenvalue weighted by molar-refractivity contribution is 7.13. The molecule has 3 rings (SSSR count). The van der Waals surface area contributed by atoms with Crippen molar-refractivity contribution in [3.63, 3.8) is 0 Å². The summed E-state index contributed by atoms with van der Waals surface area (Å²) in [4.78, 5) is 16.9. The van der Waals surface area contributed by atoms with Crippen LogP contribution in [-0.2, 0) is 11.3 Å². The Labute approximate surface area is 168 Å². The Hall–Kier alpha value is -3.06. The van der Waals surface area contributed by atoms with Gasteiger partial charge in [0.05, 0.1) is 26.5 Å². The van der Waals surface area contributed by atoms with E-state index in [9.17, 15) is 4.79 Å². The highest BCUT2D eigenvalue weighted by Gasteiger charge is 2.17. The average molecular weight is 398 g/mol. The number of benzene rings is 2. The van der Waals surface area contributed by atoms with Crippen LogP contribution < -0.4 is 19.5 Å². The SMILES string of the molecule is COc1ccc(-c2nc(CNC(=O)[C@@H](C)Oc3ccccc3OC)cs2)cc1. The number of ether oxygens (including phenoxy) is 3. The number of hydrogen-bond donors (Lipinski definition) is 1. The summed E-state index contributed by atoms with van der Waals surface area (Å²) in [6, 6.07) is 15.0. The van der Waals surface area contributed by atoms with Gasteiger partial charge in [0.2, 0.25) is 0 Å². The van der Waals surface area contributed by atoms with Crippen LogP contribution in [0.5, 0.6) is 17.2 Å². The largest absolute Gasteiger partial charge is 0.497 e. The van der Waals surface area contributed by atoms with Gasteiger partial charge < -0.3 is 19.5 Å². The van der Waals surface area contributed by atoms with Crippen molar-refractivity contribution in [3.05, 3.63) is 59.6 Å². The van der Waals surface area contributed by atoms with Crippen LogP contribution >= 0.6 is 11.3 Å². The number of para-hydroxylation sites is 2. The molecular weight excluding hydrogens is 376 g/mol. The number of amides is 1. The highest BCUT2D eigenvalue weighted by atomic mass is 32.1. The molecule has 1 amide bonds. The molecule has 0 fully saturated rings. The van der Waals surface area contributed by atoms with Gasteiger partial charge in [0.1, 0.15) is 10.8 Å². The third-order valence-electron chi connectivity index (χ3n) is 4.07. The van der Waals surface area contributed by atoms with Crippen molar-refractivity contribution in [2.24, 2.45) is 0 Å². The molecule has 1 aromatic heterocycles. The Bertz CT molecular complexity index is 924. The van der Waals surface area contributed by atoms with E-state index < -0.39 is 6.10 Å². The van der Waals surface area contributed by atoms with Gasteiger partial charge >= 0.3 is 0 Å². The van der Waals surface area contributed by atoms with E-state index in [2.05, 4.69) is 10.3 Å². The number of aromatic nitrogens is 1. The fraction of sp³-hybridized carbons (Fsp3) is 0.238. The van der Waals surface area contributed by atoms with Gasteiger partial charge in [-0.1, -0.05) is 12.1 Å². The van der Waals surface area contributed by atoms with Gasteiger partial charge in [-0.25, -0.2) is 4.98 Å². The maximum Gasteiger partial charge on any atom is 0.261 e. The molecule has 146 valence electrons. The lowest BCUT2D eigenvalue weighted by molar-refractivity contribution is -0.127. The summed E-state index contributed by atoms with van der Waals surface area (Å²) in [5.74, 6) is 1.70. The molecule has 0 saturated carbocycles. The monoisotopic (exact) mass is 398 g/mol. The van der Waals surface area contributed by atoms with Crippen LogP contribution in [0.15, 0.2) is 53.9 Å². The summed E-state index contributed by atoms with van der Waals surface area (Å²) < 4.78 is 16.1. The molecule has 0 saturated heterocycles. The van der Waals surface area contributed by atoms with Gasteiger partial charge in [-0.2, -0.15) is 0 Å². The van der Waals surface area contributed by atoms with Crippen LogP contribution in [0.2, 0.25) is 0 Å². The second-order valence-corrected chi connectivity index (χ2v) is 6.86. The van der Waals surface area contributed by atoms with E-state index in [-0.39, 0.29) is 5.91 Å². The minimum Gasteiger partial charge on any atom is -0.497 e. The minimum atomic E-state index is -0.656. The molecule has 28 heavy (non-hydrogen) atoms. The van der Waals surface area contributed by atoms with Gasteiger partial charge in [-0.15, -0.1) is 11.3 Å². The van der Waals surface area contributed by atoms with Crippen molar-refractivity contribution in [3.8, 4) is 27.8 Å². The first-order valence-corrected chi connectivity index (χ1v) is 9.65. The molecule has 0 unspecified atom stereocenters. The fourth-order valence-corrected chi connectivity index (χ4v) is 3.36. The molecular formula is C21H22N2O4S. The van der Waals surface area contributed by atoms with Crippen LogP contribution in [0.3, 0.4) is 0 Å². The van der Waals surface area contributed by atoms with E-state index in [0.717, 1.165) is 22.0 Å². The van der Waals surface area contributed by atoms with Crippen LogP contribution in [0.25, 0.3) is 10.6 Å². The van der Waals surface area contributed by atoms with Crippen molar-refractivity contribution in [1.29, 1.82) is 0 Å². The number of carbonyl (C=O) groups excluding carboxylic acids is 1. The normalized spacial score (nSPS) is 11.5. The number of thiazole rings is 1. The molecule has 0 radical (unpaired) electrons. The van der Waals surface area contributed by atoms with Crippen LogP contribution in [0.1, 0.15) is 12.6 Å². The first-order valence-electron chi connectivity index (χ1n) is 8.77. The van der Waals surface area contributed by atoms with Crippen molar-refractivity contribution < 1.29 is 19.0 Å². The first-order chi connectivity index (χ1) is 13.6. The summed E-state index contributed by atoms with van der Waals surface area (Å²) >= 11 is 1.53. The van der Waals surface area contributed by atoms with Gasteiger partial charge in [-0.3, -0.25) is 4.79 Å². The van der Waals surface area contributed by atoms with Crippen molar-refractivity contribution >= 4 is 17.2 Å². The fourth-order valence-electron chi connectivity index (χ4n) is 2.54. The number of carbonyl (C=O) groups is 1. The maximum absolute atomic E-state index is 12.4. The van der Waals surface area contributed by atoms with E-state index in [1.807, 2.05) is 41.8 Å². The third kappa shape index (κ3) is 4.80. The quantitative estimate of drug-likeness (QED) is 0.623. The molecule has 7 heteroatoms. The molecule has 1 atom stereocenters. The van der Waals surface area contributed by atoms with Crippen LogP contribution in [0, 0.1) is 0 Å². The standard InChI is InChI=1S/C21H22N2O4S/c1-14(27-19-7-5-4-6-18(19)26-3)20(24)22-12-16-13-28-21(23-16)15-8-10-17(25-2)11-9-15/h4-11,13-14H,12H2,1-3H3,(H,22,24)/t14-/m1/s1. The van der Waals surface area contributed by atoms with Gasteiger partial charge in [-0.05, 0) is 43.3 Å². The summed E-state index contributed by atoms with van der Waals surface area (Å²) in [5, 5.41) is 5.69. The van der Waals surface area contributed by atoms with Gasteiger partial charge in [0.15, 0.2) is 17.6 Å². The second kappa shape index (κ2) is 9.23. The molecule has 3 aromatic rings. The lowest BCUT2D eigenvalue weighted by atomic mass is 10.2. The number of rotatable bonds is 8. The summed E-state index contributed by atoms with van der Waals surface area (Å²) in [7, 11) is 3.20. The highest BCUT2D eigenvalue weighted by Crippen LogP contribution is 2.27. The number of nitrogens with one attached hydrogen (secondary N) is 1. The molecule has 0 spiro atoms.